The fourth-order valence-corrected chi connectivity index (χ4v) is 13.0. The van der Waals surface area contributed by atoms with Gasteiger partial charge in [-0.15, -0.1) is 11.3 Å². The average molecular weight is 928 g/mol. The Morgan fingerprint density at radius 1 is 0.486 bits per heavy atom. The van der Waals surface area contributed by atoms with Crippen LogP contribution in [0.1, 0.15) is 90.1 Å². The summed E-state index contributed by atoms with van der Waals surface area (Å²) in [7, 11) is 0. The average Bonchev–Trinajstić information content (AvgIpc) is 4.00. The van der Waals surface area contributed by atoms with Gasteiger partial charge in [-0.3, -0.25) is 0 Å². The summed E-state index contributed by atoms with van der Waals surface area (Å²) in [6.07, 6.45) is 0. The Morgan fingerprint density at radius 3 is 1.79 bits per heavy atom. The predicted molar refractivity (Wildman–Crippen MR) is 303 cm³/mol. The van der Waals surface area contributed by atoms with E-state index in [-0.39, 0.29) is 23.0 Å². The molecule has 344 valence electrons. The minimum absolute atomic E-state index is 0.0188. The van der Waals surface area contributed by atoms with Crippen LogP contribution >= 0.6 is 11.3 Å². The van der Waals surface area contributed by atoms with Gasteiger partial charge in [0.15, 0.2) is 5.58 Å². The fraction of sp³-hybridized carbons (Fsp3) is 0.219. The quantitative estimate of drug-likeness (QED) is 0.164. The van der Waals surface area contributed by atoms with E-state index in [1.807, 2.05) is 11.3 Å². The SMILES string of the molecule is Cc1cc(C(C)(C)C)ccc1N(c1ccc2c(c1)N(c1cccc3c1oc1ccccc13)c1cc(C(C)(C)C)cc3c1B2c1cccc2c4sc5ccccc5c4n-3c12)c1ccc(C(C)(C)C)cc1C. The van der Waals surface area contributed by atoms with Crippen LogP contribution in [0.4, 0.5) is 34.1 Å². The van der Waals surface area contributed by atoms with E-state index in [0.717, 1.165) is 39.0 Å². The first-order valence-electron chi connectivity index (χ1n) is 25.0. The third-order valence-electron chi connectivity index (χ3n) is 15.5. The monoisotopic (exact) mass is 927 g/mol. The van der Waals surface area contributed by atoms with Crippen molar-refractivity contribution in [2.45, 2.75) is 92.4 Å². The van der Waals surface area contributed by atoms with Gasteiger partial charge in [0.05, 0.1) is 21.4 Å². The summed E-state index contributed by atoms with van der Waals surface area (Å²) < 4.78 is 12.3. The van der Waals surface area contributed by atoms with E-state index in [2.05, 4.69) is 242 Å². The molecule has 0 N–H and O–H groups in total. The Bertz CT molecular complexity index is 3950. The maximum Gasteiger partial charge on any atom is 0.252 e. The zero-order chi connectivity index (χ0) is 48.3. The molecule has 0 bridgehead atoms. The van der Waals surface area contributed by atoms with E-state index in [1.54, 1.807) is 0 Å². The lowest BCUT2D eigenvalue weighted by Gasteiger charge is -2.42. The van der Waals surface area contributed by atoms with Gasteiger partial charge >= 0.3 is 0 Å². The number of hydrogen-bond donors (Lipinski definition) is 0. The normalized spacial score (nSPS) is 13.6. The molecule has 70 heavy (non-hydrogen) atoms. The number of thiophene rings is 1. The van der Waals surface area contributed by atoms with Crippen molar-refractivity contribution in [2.75, 3.05) is 9.80 Å². The number of benzene rings is 8. The molecule has 3 aromatic heterocycles. The molecular formula is C64H58BN3OS. The van der Waals surface area contributed by atoms with Gasteiger partial charge in [-0.25, -0.2) is 0 Å². The first-order valence-corrected chi connectivity index (χ1v) is 25.8. The predicted octanol–water partition coefficient (Wildman–Crippen LogP) is 16.5. The summed E-state index contributed by atoms with van der Waals surface area (Å²) in [6.45, 7) is 25.4. The summed E-state index contributed by atoms with van der Waals surface area (Å²) in [5.74, 6) is 0. The van der Waals surface area contributed by atoms with Crippen LogP contribution in [-0.2, 0) is 16.2 Å². The van der Waals surface area contributed by atoms with Crippen LogP contribution in [0.25, 0.3) is 58.8 Å². The third-order valence-corrected chi connectivity index (χ3v) is 16.7. The van der Waals surface area contributed by atoms with E-state index >= 15 is 0 Å². The summed E-state index contributed by atoms with van der Waals surface area (Å²) in [5, 5.41) is 4.87. The molecule has 5 heterocycles. The highest BCUT2D eigenvalue weighted by Crippen LogP contribution is 2.50. The molecule has 8 aromatic carbocycles. The summed E-state index contributed by atoms with van der Waals surface area (Å²) in [6, 6.07) is 57.7. The Labute approximate surface area is 415 Å². The van der Waals surface area contributed by atoms with Gasteiger partial charge in [-0.05, 0) is 129 Å². The molecule has 4 nitrogen and oxygen atoms in total. The molecule has 2 aliphatic rings. The molecule has 2 aliphatic heterocycles. The smallest absolute Gasteiger partial charge is 0.252 e. The Kier molecular flexibility index (Phi) is 9.07. The van der Waals surface area contributed by atoms with Crippen molar-refractivity contribution in [1.82, 2.24) is 4.57 Å². The fourth-order valence-electron chi connectivity index (χ4n) is 11.8. The van der Waals surface area contributed by atoms with Crippen molar-refractivity contribution in [3.63, 3.8) is 0 Å². The Balaban J connectivity index is 1.16. The van der Waals surface area contributed by atoms with Crippen molar-refractivity contribution in [1.29, 1.82) is 0 Å². The Morgan fingerprint density at radius 2 is 1.10 bits per heavy atom. The lowest BCUT2D eigenvalue weighted by Crippen LogP contribution is -2.60. The zero-order valence-corrected chi connectivity index (χ0v) is 43.0. The maximum absolute atomic E-state index is 7.02. The maximum atomic E-state index is 7.02. The van der Waals surface area contributed by atoms with Crippen molar-refractivity contribution < 1.29 is 4.42 Å². The van der Waals surface area contributed by atoms with E-state index in [4.69, 9.17) is 4.42 Å². The number of nitrogens with zero attached hydrogens (tertiary/aromatic N) is 3. The number of hydrogen-bond acceptors (Lipinski definition) is 4. The van der Waals surface area contributed by atoms with E-state index < -0.39 is 0 Å². The van der Waals surface area contributed by atoms with Gasteiger partial charge in [-0.2, -0.15) is 0 Å². The Hall–Kier alpha value is -7.02. The summed E-state index contributed by atoms with van der Waals surface area (Å²) >= 11 is 1.92. The van der Waals surface area contributed by atoms with Crippen LogP contribution in [0.15, 0.2) is 156 Å². The van der Waals surface area contributed by atoms with Gasteiger partial charge in [0, 0.05) is 60.4 Å². The largest absolute Gasteiger partial charge is 0.454 e. The molecule has 0 spiro atoms. The third kappa shape index (κ3) is 6.21. The molecular weight excluding hydrogens is 870 g/mol. The van der Waals surface area contributed by atoms with E-state index in [1.165, 1.54) is 98.2 Å². The highest BCUT2D eigenvalue weighted by Gasteiger charge is 2.44. The number of rotatable bonds is 4. The van der Waals surface area contributed by atoms with Crippen LogP contribution in [0, 0.1) is 13.8 Å². The number of para-hydroxylation sites is 3. The number of anilines is 6. The van der Waals surface area contributed by atoms with E-state index in [9.17, 15) is 0 Å². The molecule has 0 fully saturated rings. The van der Waals surface area contributed by atoms with Crippen molar-refractivity contribution in [3.8, 4) is 5.69 Å². The molecule has 0 aliphatic carbocycles. The lowest BCUT2D eigenvalue weighted by atomic mass is 9.33. The molecule has 13 rings (SSSR count). The van der Waals surface area contributed by atoms with Gasteiger partial charge in [-0.1, -0.05) is 159 Å². The lowest BCUT2D eigenvalue weighted by molar-refractivity contribution is 0.589. The van der Waals surface area contributed by atoms with Gasteiger partial charge < -0.3 is 18.8 Å². The summed E-state index contributed by atoms with van der Waals surface area (Å²) in [4.78, 5) is 5.08. The molecule has 0 radical (unpaired) electrons. The molecule has 0 atom stereocenters. The minimum Gasteiger partial charge on any atom is -0.454 e. The second-order valence-corrected chi connectivity index (χ2v) is 24.2. The van der Waals surface area contributed by atoms with Gasteiger partial charge in [0.25, 0.3) is 6.71 Å². The number of aromatic nitrogens is 1. The molecule has 0 amide bonds. The molecule has 0 saturated carbocycles. The van der Waals surface area contributed by atoms with Gasteiger partial charge in [0.1, 0.15) is 5.58 Å². The van der Waals surface area contributed by atoms with Crippen LogP contribution in [0.2, 0.25) is 0 Å². The topological polar surface area (TPSA) is 24.6 Å². The zero-order valence-electron chi connectivity index (χ0n) is 42.2. The number of fused-ring (bicyclic) bond motifs is 12. The van der Waals surface area contributed by atoms with Gasteiger partial charge in [0.2, 0.25) is 0 Å². The van der Waals surface area contributed by atoms with Crippen molar-refractivity contribution >= 4 is 122 Å². The second kappa shape index (κ2) is 14.8. The van der Waals surface area contributed by atoms with Crippen molar-refractivity contribution in [2.24, 2.45) is 0 Å². The second-order valence-electron chi connectivity index (χ2n) is 23.1. The van der Waals surface area contributed by atoms with Crippen LogP contribution < -0.4 is 26.2 Å². The number of aryl methyl sites for hydroxylation is 2. The highest BCUT2D eigenvalue weighted by atomic mass is 32.1. The minimum atomic E-state index is -0.149. The number of furan rings is 1. The summed E-state index contributed by atoms with van der Waals surface area (Å²) in [5.41, 5.74) is 22.8. The van der Waals surface area contributed by atoms with Crippen molar-refractivity contribution in [3.05, 3.63) is 179 Å². The standard InChI is InChI=1S/C64H58BN3OS/c1-37-32-39(62(3,4)5)26-30-49(37)66(50-31-27-40(33-38(50)2)63(6,7)8)42-28-29-47-52(36-42)67(51-23-17-20-44-43-18-12-14-24-55(43)69-60(44)51)53-34-41(64(9,10)11)35-54-57(53)65(47)48-22-16-21-46-58(48)68(54)59-45-19-13-15-25-56(45)70-61(46)59/h12-36H,1-11H3. The molecule has 0 unspecified atom stereocenters. The highest BCUT2D eigenvalue weighted by molar-refractivity contribution is 7.26. The first-order chi connectivity index (χ1) is 33.5. The van der Waals surface area contributed by atoms with Crippen LogP contribution in [0.3, 0.4) is 0 Å². The molecule has 6 heteroatoms. The first kappa shape index (κ1) is 43.0. The van der Waals surface area contributed by atoms with Crippen LogP contribution in [0.5, 0.6) is 0 Å². The molecule has 11 aromatic rings. The molecule has 0 saturated heterocycles. The van der Waals surface area contributed by atoms with Crippen LogP contribution in [-0.4, -0.2) is 11.3 Å². The van der Waals surface area contributed by atoms with E-state index in [0.29, 0.717) is 0 Å².